The molecule has 9 heavy (non-hydrogen) atoms. The van der Waals surface area contributed by atoms with Gasteiger partial charge in [0.2, 0.25) is 0 Å². The average molecular weight is 132 g/mol. The van der Waals surface area contributed by atoms with Gasteiger partial charge in [-0.1, -0.05) is 13.3 Å². The van der Waals surface area contributed by atoms with Crippen LogP contribution in [0.1, 0.15) is 26.2 Å². The molecule has 1 atom stereocenters. The molecule has 0 bridgehead atoms. The number of aliphatic hydroxyl groups excluding tert-OH is 2. The summed E-state index contributed by atoms with van der Waals surface area (Å²) < 4.78 is 0. The van der Waals surface area contributed by atoms with Crippen molar-refractivity contribution in [1.29, 1.82) is 0 Å². The predicted octanol–water partition coefficient (Wildman–Crippen LogP) is 0.777. The molecule has 0 aliphatic heterocycles. The molecule has 0 aromatic rings. The van der Waals surface area contributed by atoms with Crippen LogP contribution in [-0.4, -0.2) is 23.4 Å². The molecule has 0 saturated carbocycles. The lowest BCUT2D eigenvalue weighted by Gasteiger charge is -2.09. The van der Waals surface area contributed by atoms with Gasteiger partial charge in [-0.2, -0.15) is 0 Å². The fraction of sp³-hybridized carbons (Fsp3) is 1.00. The van der Waals surface area contributed by atoms with Crippen LogP contribution in [0.4, 0.5) is 0 Å². The quantitative estimate of drug-likeness (QED) is 0.580. The van der Waals surface area contributed by atoms with E-state index in [1.165, 1.54) is 0 Å². The van der Waals surface area contributed by atoms with Crippen molar-refractivity contribution < 1.29 is 10.2 Å². The molecule has 2 nitrogen and oxygen atoms in total. The molecule has 0 amide bonds. The first-order chi connectivity index (χ1) is 4.35. The van der Waals surface area contributed by atoms with Crippen molar-refractivity contribution in [3.63, 3.8) is 0 Å². The van der Waals surface area contributed by atoms with Crippen molar-refractivity contribution in [2.75, 3.05) is 13.2 Å². The molecule has 2 N–H and O–H groups in total. The second-order valence-electron chi connectivity index (χ2n) is 2.35. The monoisotopic (exact) mass is 132 g/mol. The van der Waals surface area contributed by atoms with E-state index in [0.29, 0.717) is 5.92 Å². The Hall–Kier alpha value is -0.0800. The van der Waals surface area contributed by atoms with Crippen molar-refractivity contribution in [3.8, 4) is 0 Å². The van der Waals surface area contributed by atoms with Gasteiger partial charge in [0.1, 0.15) is 0 Å². The van der Waals surface area contributed by atoms with Gasteiger partial charge in [-0.3, -0.25) is 0 Å². The molecule has 0 spiro atoms. The molecule has 0 fully saturated rings. The van der Waals surface area contributed by atoms with Gasteiger partial charge >= 0.3 is 0 Å². The van der Waals surface area contributed by atoms with Gasteiger partial charge in [0, 0.05) is 13.2 Å². The Morgan fingerprint density at radius 3 is 2.22 bits per heavy atom. The van der Waals surface area contributed by atoms with E-state index < -0.39 is 0 Å². The van der Waals surface area contributed by atoms with Gasteiger partial charge in [-0.25, -0.2) is 0 Å². The average Bonchev–Trinajstić information content (AvgIpc) is 1.88. The highest BCUT2D eigenvalue weighted by Crippen LogP contribution is 2.08. The van der Waals surface area contributed by atoms with Gasteiger partial charge in [0.05, 0.1) is 0 Å². The molecule has 0 aliphatic carbocycles. The van der Waals surface area contributed by atoms with E-state index in [1.807, 2.05) is 0 Å². The molecule has 0 radical (unpaired) electrons. The van der Waals surface area contributed by atoms with Crippen LogP contribution in [0.3, 0.4) is 0 Å². The Morgan fingerprint density at radius 1 is 1.22 bits per heavy atom. The van der Waals surface area contributed by atoms with Crippen LogP contribution in [0.15, 0.2) is 0 Å². The zero-order valence-corrected chi connectivity index (χ0v) is 6.01. The largest absolute Gasteiger partial charge is 0.396 e. The zero-order chi connectivity index (χ0) is 7.11. The third-order valence-corrected chi connectivity index (χ3v) is 1.49. The first-order valence-electron chi connectivity index (χ1n) is 3.56. The summed E-state index contributed by atoms with van der Waals surface area (Å²) in [6.07, 6.45) is 2.85. The van der Waals surface area contributed by atoms with Gasteiger partial charge in [-0.05, 0) is 18.8 Å². The van der Waals surface area contributed by atoms with Crippen LogP contribution in [-0.2, 0) is 0 Å². The third kappa shape index (κ3) is 4.43. The Balaban J connectivity index is 3.18. The van der Waals surface area contributed by atoms with Gasteiger partial charge in [0.25, 0.3) is 0 Å². The molecule has 2 heteroatoms. The lowest BCUT2D eigenvalue weighted by molar-refractivity contribution is 0.176. The summed E-state index contributed by atoms with van der Waals surface area (Å²) in [6, 6.07) is 0. The summed E-state index contributed by atoms with van der Waals surface area (Å²) in [7, 11) is 0. The summed E-state index contributed by atoms with van der Waals surface area (Å²) >= 11 is 0. The van der Waals surface area contributed by atoms with E-state index in [0.717, 1.165) is 19.3 Å². The number of aliphatic hydroxyl groups is 2. The Bertz CT molecular complexity index is 48.9. The standard InChI is InChI=1S/C7H16O2/c1-2-3-7(6-9)4-5-8/h7-9H,2-6H2,1H3/t7-/m0/s1. The third-order valence-electron chi connectivity index (χ3n) is 1.49. The second kappa shape index (κ2) is 6.05. The summed E-state index contributed by atoms with van der Waals surface area (Å²) in [5.74, 6) is 0.319. The maximum Gasteiger partial charge on any atom is 0.0460 e. The molecule has 0 rings (SSSR count). The Labute approximate surface area is 56.5 Å². The van der Waals surface area contributed by atoms with Crippen molar-refractivity contribution >= 4 is 0 Å². The van der Waals surface area contributed by atoms with Crippen molar-refractivity contribution in [3.05, 3.63) is 0 Å². The lowest BCUT2D eigenvalue weighted by atomic mass is 10.0. The lowest BCUT2D eigenvalue weighted by Crippen LogP contribution is -2.07. The molecule has 0 aromatic carbocycles. The topological polar surface area (TPSA) is 40.5 Å². The minimum atomic E-state index is 0.200. The SMILES string of the molecule is CCC[C@H](CO)CCO. The van der Waals surface area contributed by atoms with Gasteiger partial charge in [0.15, 0.2) is 0 Å². The molecule has 0 heterocycles. The maximum absolute atomic E-state index is 8.68. The van der Waals surface area contributed by atoms with Crippen LogP contribution < -0.4 is 0 Å². The molecule has 0 saturated heterocycles. The Morgan fingerprint density at radius 2 is 1.89 bits per heavy atom. The molecule has 0 aliphatic rings. The van der Waals surface area contributed by atoms with Crippen LogP contribution in [0.25, 0.3) is 0 Å². The van der Waals surface area contributed by atoms with Crippen molar-refractivity contribution in [2.45, 2.75) is 26.2 Å². The Kier molecular flexibility index (Phi) is 5.99. The van der Waals surface area contributed by atoms with E-state index in [9.17, 15) is 0 Å². The van der Waals surface area contributed by atoms with E-state index in [2.05, 4.69) is 6.92 Å². The van der Waals surface area contributed by atoms with Gasteiger partial charge in [-0.15, -0.1) is 0 Å². The van der Waals surface area contributed by atoms with E-state index in [1.54, 1.807) is 0 Å². The smallest absolute Gasteiger partial charge is 0.0460 e. The van der Waals surface area contributed by atoms with Crippen molar-refractivity contribution in [2.24, 2.45) is 5.92 Å². The number of rotatable bonds is 5. The highest BCUT2D eigenvalue weighted by atomic mass is 16.3. The van der Waals surface area contributed by atoms with Crippen LogP contribution >= 0.6 is 0 Å². The highest BCUT2D eigenvalue weighted by Gasteiger charge is 2.03. The number of hydrogen-bond donors (Lipinski definition) is 2. The first-order valence-corrected chi connectivity index (χ1v) is 3.56. The minimum absolute atomic E-state index is 0.200. The second-order valence-corrected chi connectivity index (χ2v) is 2.35. The predicted molar refractivity (Wildman–Crippen MR) is 37.2 cm³/mol. The van der Waals surface area contributed by atoms with E-state index >= 15 is 0 Å². The first kappa shape index (κ1) is 8.92. The van der Waals surface area contributed by atoms with Crippen LogP contribution in [0, 0.1) is 5.92 Å². The van der Waals surface area contributed by atoms with Gasteiger partial charge < -0.3 is 10.2 Å². The summed E-state index contributed by atoms with van der Waals surface area (Å²) in [4.78, 5) is 0. The summed E-state index contributed by atoms with van der Waals surface area (Å²) in [5, 5.41) is 17.2. The fourth-order valence-corrected chi connectivity index (χ4v) is 0.918. The van der Waals surface area contributed by atoms with Crippen LogP contribution in [0.2, 0.25) is 0 Å². The van der Waals surface area contributed by atoms with E-state index in [-0.39, 0.29) is 13.2 Å². The van der Waals surface area contributed by atoms with E-state index in [4.69, 9.17) is 10.2 Å². The molecular formula is C7H16O2. The highest BCUT2D eigenvalue weighted by molar-refractivity contribution is 4.54. The summed E-state index contributed by atoms with van der Waals surface area (Å²) in [6.45, 7) is 2.50. The molecule has 56 valence electrons. The van der Waals surface area contributed by atoms with Crippen LogP contribution in [0.5, 0.6) is 0 Å². The number of hydrogen-bond acceptors (Lipinski definition) is 2. The molecule has 0 aromatic heterocycles. The van der Waals surface area contributed by atoms with Crippen molar-refractivity contribution in [1.82, 2.24) is 0 Å². The summed E-state index contributed by atoms with van der Waals surface area (Å²) in [5.41, 5.74) is 0. The molecular weight excluding hydrogens is 116 g/mol. The maximum atomic E-state index is 8.68. The normalized spacial score (nSPS) is 13.7. The zero-order valence-electron chi connectivity index (χ0n) is 6.01. The fourth-order valence-electron chi connectivity index (χ4n) is 0.918. The minimum Gasteiger partial charge on any atom is -0.396 e. The molecule has 0 unspecified atom stereocenters.